The Kier molecular flexibility index (Phi) is 10.8. The van der Waals surface area contributed by atoms with Crippen molar-refractivity contribution in [2.45, 2.75) is 39.5 Å². The fourth-order valence-electron chi connectivity index (χ4n) is 0.937. The first-order chi connectivity index (χ1) is 6.38. The van der Waals surface area contributed by atoms with Crippen LogP contribution in [0, 0.1) is 0 Å². The van der Waals surface area contributed by atoms with Crippen molar-refractivity contribution in [1.29, 1.82) is 0 Å². The Morgan fingerprint density at radius 2 is 1.21 bits per heavy atom. The maximum Gasteiger partial charge on any atom is 0.108 e. The van der Waals surface area contributed by atoms with Crippen molar-refractivity contribution < 1.29 is 20.4 Å². The van der Waals surface area contributed by atoms with E-state index in [0.717, 1.165) is 0 Å². The molecule has 0 aliphatic rings. The van der Waals surface area contributed by atoms with Crippen LogP contribution in [0.25, 0.3) is 0 Å². The quantitative estimate of drug-likeness (QED) is 0.414. The molecule has 0 aromatic heterocycles. The third-order valence-corrected chi connectivity index (χ3v) is 1.39. The minimum absolute atomic E-state index is 0.125. The molecule has 0 aliphatic carbocycles. The van der Waals surface area contributed by atoms with Crippen molar-refractivity contribution in [2.24, 2.45) is 0 Å². The second-order valence-electron chi connectivity index (χ2n) is 2.79. The molecule has 0 fully saturated rings. The molecule has 3 unspecified atom stereocenters. The van der Waals surface area contributed by atoms with Gasteiger partial charge in [0.25, 0.3) is 0 Å². The van der Waals surface area contributed by atoms with Gasteiger partial charge in [-0.25, -0.2) is 4.90 Å². The Bertz CT molecular complexity index is 98.9. The third-order valence-electron chi connectivity index (χ3n) is 1.39. The molecule has 6 heteroatoms. The average molecular weight is 208 g/mol. The summed E-state index contributed by atoms with van der Waals surface area (Å²) in [6.07, 6.45) is -2.50. The molecule has 4 N–H and O–H groups in total. The fourth-order valence-corrected chi connectivity index (χ4v) is 0.937. The minimum atomic E-state index is -0.833. The van der Waals surface area contributed by atoms with Gasteiger partial charge in [0.15, 0.2) is 0 Å². The number of rotatable bonds is 4. The Morgan fingerprint density at radius 1 is 1.00 bits per heavy atom. The van der Waals surface area contributed by atoms with Gasteiger partial charge in [-0.05, 0) is 20.8 Å². The van der Waals surface area contributed by atoms with Gasteiger partial charge in [0.2, 0.25) is 0 Å². The lowest BCUT2D eigenvalue weighted by Gasteiger charge is -2.30. The van der Waals surface area contributed by atoms with Crippen LogP contribution in [0.3, 0.4) is 0 Å². The van der Waals surface area contributed by atoms with Crippen LogP contribution in [-0.4, -0.2) is 57.2 Å². The molecule has 3 atom stereocenters. The maximum atomic E-state index is 8.96. The number of aliphatic hydroxyl groups is 4. The molecule has 0 saturated heterocycles. The van der Waals surface area contributed by atoms with E-state index in [2.05, 4.69) is 0 Å². The second-order valence-corrected chi connectivity index (χ2v) is 2.79. The Balaban J connectivity index is 0. The standard InChI is InChI=1S/C6H15NO3.C2H5NO/c1-4(8)7(5(2)9)6(3)10;3-1-2-4/h4-6,8-10H,1-3H3;4H,1-2H2. The van der Waals surface area contributed by atoms with Crippen molar-refractivity contribution in [3.05, 3.63) is 0 Å². The van der Waals surface area contributed by atoms with Crippen LogP contribution in [0.5, 0.6) is 0 Å². The molecule has 14 heavy (non-hydrogen) atoms. The van der Waals surface area contributed by atoms with E-state index in [1.807, 2.05) is 0 Å². The highest BCUT2D eigenvalue weighted by Crippen LogP contribution is 2.04. The number of nitrogens with zero attached hydrogens (tertiary/aromatic N) is 2. The smallest absolute Gasteiger partial charge is 0.108 e. The highest BCUT2D eigenvalue weighted by Gasteiger charge is 2.20. The largest absolute Gasteiger partial charge is 0.395 e. The molecule has 0 bridgehead atoms. The first-order valence-corrected chi connectivity index (χ1v) is 4.41. The van der Waals surface area contributed by atoms with E-state index in [1.165, 1.54) is 25.7 Å². The van der Waals surface area contributed by atoms with Crippen LogP contribution in [0.15, 0.2) is 0 Å². The Hall–Kier alpha value is -0.240. The van der Waals surface area contributed by atoms with Gasteiger partial charge in [-0.3, -0.25) is 0 Å². The van der Waals surface area contributed by atoms with Gasteiger partial charge in [0.05, 0.1) is 13.2 Å². The third kappa shape index (κ3) is 8.36. The summed E-state index contributed by atoms with van der Waals surface area (Å²) in [5.41, 5.74) is 7.62. The summed E-state index contributed by atoms with van der Waals surface area (Å²) in [5.74, 6) is 0. The van der Waals surface area contributed by atoms with Crippen LogP contribution < -0.4 is 5.73 Å². The summed E-state index contributed by atoms with van der Waals surface area (Å²) < 4.78 is 0. The first kappa shape index (κ1) is 16.2. The topological polar surface area (TPSA) is 106 Å². The molecule has 2 radical (unpaired) electrons. The summed E-state index contributed by atoms with van der Waals surface area (Å²) in [6, 6.07) is 0. The highest BCUT2D eigenvalue weighted by molar-refractivity contribution is 4.58. The Labute approximate surface area is 84.6 Å². The van der Waals surface area contributed by atoms with Gasteiger partial charge >= 0.3 is 0 Å². The highest BCUT2D eigenvalue weighted by atomic mass is 16.4. The normalized spacial score (nSPS) is 16.9. The SMILES string of the molecule is CC(O)N(C(C)O)C(C)O.[N]CCO. The van der Waals surface area contributed by atoms with Crippen LogP contribution in [0.2, 0.25) is 0 Å². The van der Waals surface area contributed by atoms with E-state index in [4.69, 9.17) is 26.2 Å². The van der Waals surface area contributed by atoms with Gasteiger partial charge in [0.1, 0.15) is 18.7 Å². The molecule has 0 heterocycles. The van der Waals surface area contributed by atoms with Crippen LogP contribution in [0.1, 0.15) is 20.8 Å². The number of aliphatic hydroxyl groups excluding tert-OH is 4. The molecule has 86 valence electrons. The molecule has 6 nitrogen and oxygen atoms in total. The zero-order valence-electron chi connectivity index (χ0n) is 8.83. The lowest BCUT2D eigenvalue weighted by atomic mass is 10.4. The van der Waals surface area contributed by atoms with Gasteiger partial charge < -0.3 is 20.4 Å². The van der Waals surface area contributed by atoms with E-state index in [-0.39, 0.29) is 13.2 Å². The molecule has 0 saturated carbocycles. The van der Waals surface area contributed by atoms with Gasteiger partial charge in [-0.2, -0.15) is 0 Å². The molecule has 0 aromatic carbocycles. The number of hydrogen-bond acceptors (Lipinski definition) is 5. The van der Waals surface area contributed by atoms with E-state index in [1.54, 1.807) is 0 Å². The fraction of sp³-hybridized carbons (Fsp3) is 1.00. The molecular weight excluding hydrogens is 188 g/mol. The zero-order chi connectivity index (χ0) is 11.7. The summed E-state index contributed by atoms with van der Waals surface area (Å²) in [7, 11) is 0. The lowest BCUT2D eigenvalue weighted by Crippen LogP contribution is -2.45. The monoisotopic (exact) mass is 208 g/mol. The number of hydrogen-bond donors (Lipinski definition) is 4. The first-order valence-electron chi connectivity index (χ1n) is 4.41. The van der Waals surface area contributed by atoms with Gasteiger partial charge in [-0.15, -0.1) is 5.73 Å². The van der Waals surface area contributed by atoms with E-state index < -0.39 is 18.7 Å². The van der Waals surface area contributed by atoms with Gasteiger partial charge in [0, 0.05) is 0 Å². The van der Waals surface area contributed by atoms with Crippen molar-refractivity contribution in [3.8, 4) is 0 Å². The summed E-state index contributed by atoms with van der Waals surface area (Å²) in [4.78, 5) is 1.17. The average Bonchev–Trinajstić information content (AvgIpc) is 2.02. The predicted molar refractivity (Wildman–Crippen MR) is 51.0 cm³/mol. The van der Waals surface area contributed by atoms with Crippen LogP contribution in [0.4, 0.5) is 0 Å². The van der Waals surface area contributed by atoms with E-state index in [0.29, 0.717) is 0 Å². The summed E-state index contributed by atoms with van der Waals surface area (Å²) in [6.45, 7) is 4.21. The van der Waals surface area contributed by atoms with Gasteiger partial charge in [-0.1, -0.05) is 0 Å². The Morgan fingerprint density at radius 3 is 1.21 bits per heavy atom. The predicted octanol–water partition coefficient (Wildman–Crippen LogP) is -1.65. The second kappa shape index (κ2) is 9.32. The van der Waals surface area contributed by atoms with Crippen LogP contribution in [-0.2, 0) is 0 Å². The van der Waals surface area contributed by atoms with Crippen LogP contribution >= 0.6 is 0 Å². The summed E-state index contributed by atoms with van der Waals surface area (Å²) in [5, 5.41) is 34.5. The molecule has 0 aliphatic heterocycles. The van der Waals surface area contributed by atoms with E-state index in [9.17, 15) is 0 Å². The minimum Gasteiger partial charge on any atom is -0.395 e. The molecule has 0 spiro atoms. The lowest BCUT2D eigenvalue weighted by molar-refractivity contribution is -0.159. The zero-order valence-corrected chi connectivity index (χ0v) is 8.83. The van der Waals surface area contributed by atoms with Crippen molar-refractivity contribution >= 4 is 0 Å². The van der Waals surface area contributed by atoms with Crippen molar-refractivity contribution in [2.75, 3.05) is 13.2 Å². The molecule has 0 aromatic rings. The summed E-state index contributed by atoms with van der Waals surface area (Å²) >= 11 is 0. The van der Waals surface area contributed by atoms with Crippen molar-refractivity contribution in [3.63, 3.8) is 0 Å². The van der Waals surface area contributed by atoms with Crippen molar-refractivity contribution in [1.82, 2.24) is 10.6 Å². The molecule has 0 rings (SSSR count). The van der Waals surface area contributed by atoms with E-state index >= 15 is 0 Å². The maximum absolute atomic E-state index is 8.96. The molecule has 0 amide bonds. The molecular formula is C8H20N2O4.